The summed E-state index contributed by atoms with van der Waals surface area (Å²) < 4.78 is 5.42. The number of carbonyl (C=O) groups excluding carboxylic acids is 2. The lowest BCUT2D eigenvalue weighted by molar-refractivity contribution is 0.0324. The molecular formula is C19H17NO3S. The van der Waals surface area contributed by atoms with Gasteiger partial charge < -0.3 is 9.72 Å². The fourth-order valence-electron chi connectivity index (χ4n) is 3.20. The number of rotatable bonds is 4. The maximum absolute atomic E-state index is 12.6. The van der Waals surface area contributed by atoms with Crippen LogP contribution in [-0.2, 0) is 17.6 Å². The lowest BCUT2D eigenvalue weighted by Crippen LogP contribution is -2.24. The summed E-state index contributed by atoms with van der Waals surface area (Å²) in [5.41, 5.74) is 2.70. The molecule has 24 heavy (non-hydrogen) atoms. The van der Waals surface area contributed by atoms with Crippen molar-refractivity contribution < 1.29 is 14.3 Å². The number of ketones is 1. The van der Waals surface area contributed by atoms with Crippen LogP contribution in [0.4, 0.5) is 0 Å². The number of H-pyrrole nitrogens is 1. The number of aryl methyl sites for hydroxylation is 2. The standard InChI is InChI=1S/C19H17NO3S/c1-11(18(21)14-10-20-15-7-3-2-6-13(14)15)23-19(22)17-9-12-5-4-8-16(12)24-17/h2-3,6-7,9-11,20H,4-5,8H2,1H3. The second-order valence-corrected chi connectivity index (χ2v) is 7.21. The quantitative estimate of drug-likeness (QED) is 0.574. The van der Waals surface area contributed by atoms with E-state index in [1.807, 2.05) is 30.3 Å². The number of carbonyl (C=O) groups is 2. The van der Waals surface area contributed by atoms with Gasteiger partial charge in [-0.25, -0.2) is 4.79 Å². The molecule has 1 aliphatic rings. The number of Topliss-reactive ketones (excluding diaryl/α,β-unsaturated/α-hetero) is 1. The molecule has 2 aromatic heterocycles. The van der Waals surface area contributed by atoms with E-state index in [4.69, 9.17) is 4.74 Å². The molecule has 0 aliphatic heterocycles. The Morgan fingerprint density at radius 1 is 1.25 bits per heavy atom. The zero-order valence-electron chi connectivity index (χ0n) is 13.3. The highest BCUT2D eigenvalue weighted by molar-refractivity contribution is 7.14. The summed E-state index contributed by atoms with van der Waals surface area (Å²) in [5.74, 6) is -0.597. The minimum absolute atomic E-state index is 0.190. The largest absolute Gasteiger partial charge is 0.450 e. The van der Waals surface area contributed by atoms with Gasteiger partial charge in [-0.3, -0.25) is 4.79 Å². The van der Waals surface area contributed by atoms with Crippen LogP contribution in [0.15, 0.2) is 36.5 Å². The third-order valence-electron chi connectivity index (χ3n) is 4.46. The number of aromatic amines is 1. The van der Waals surface area contributed by atoms with Crippen LogP contribution < -0.4 is 0 Å². The first-order valence-electron chi connectivity index (χ1n) is 8.06. The van der Waals surface area contributed by atoms with Crippen LogP contribution >= 0.6 is 11.3 Å². The van der Waals surface area contributed by atoms with Crippen molar-refractivity contribution in [3.8, 4) is 0 Å². The van der Waals surface area contributed by atoms with Gasteiger partial charge in [-0.05, 0) is 43.9 Å². The number of benzene rings is 1. The molecule has 0 radical (unpaired) electrons. The molecule has 2 heterocycles. The Labute approximate surface area is 143 Å². The number of esters is 1. The van der Waals surface area contributed by atoms with Crippen molar-refractivity contribution in [2.45, 2.75) is 32.3 Å². The maximum atomic E-state index is 12.6. The molecule has 0 fully saturated rings. The van der Waals surface area contributed by atoms with Gasteiger partial charge in [-0.1, -0.05) is 18.2 Å². The van der Waals surface area contributed by atoms with E-state index in [0.717, 1.165) is 30.2 Å². The van der Waals surface area contributed by atoms with Gasteiger partial charge in [0.25, 0.3) is 0 Å². The van der Waals surface area contributed by atoms with Gasteiger partial charge in [-0.2, -0.15) is 0 Å². The SMILES string of the molecule is CC(OC(=O)c1cc2c(s1)CCC2)C(=O)c1c[nH]c2ccccc12. The first-order valence-corrected chi connectivity index (χ1v) is 8.88. The Kier molecular flexibility index (Phi) is 3.73. The summed E-state index contributed by atoms with van der Waals surface area (Å²) >= 11 is 1.49. The minimum atomic E-state index is -0.811. The van der Waals surface area contributed by atoms with E-state index >= 15 is 0 Å². The van der Waals surface area contributed by atoms with E-state index in [2.05, 4.69) is 4.98 Å². The van der Waals surface area contributed by atoms with Crippen molar-refractivity contribution in [2.24, 2.45) is 0 Å². The Bertz CT molecular complexity index is 916. The number of aromatic nitrogens is 1. The van der Waals surface area contributed by atoms with E-state index in [1.54, 1.807) is 13.1 Å². The molecule has 4 rings (SSSR count). The van der Waals surface area contributed by atoms with E-state index in [0.29, 0.717) is 10.4 Å². The van der Waals surface area contributed by atoms with Gasteiger partial charge in [0.05, 0.1) is 0 Å². The molecule has 4 nitrogen and oxygen atoms in total. The number of thiophene rings is 1. The first-order chi connectivity index (χ1) is 11.6. The van der Waals surface area contributed by atoms with Crippen LogP contribution in [0.1, 0.15) is 43.8 Å². The van der Waals surface area contributed by atoms with E-state index < -0.39 is 12.1 Å². The summed E-state index contributed by atoms with van der Waals surface area (Å²) in [6.45, 7) is 1.63. The fraction of sp³-hybridized carbons (Fsp3) is 0.263. The Morgan fingerprint density at radius 3 is 2.92 bits per heavy atom. The zero-order valence-corrected chi connectivity index (χ0v) is 14.1. The third-order valence-corrected chi connectivity index (χ3v) is 5.67. The normalized spacial score (nSPS) is 14.5. The number of nitrogens with one attached hydrogen (secondary N) is 1. The van der Waals surface area contributed by atoms with Crippen molar-refractivity contribution in [1.82, 2.24) is 4.98 Å². The van der Waals surface area contributed by atoms with Crippen LogP contribution in [0, 0.1) is 0 Å². The van der Waals surface area contributed by atoms with Gasteiger partial charge >= 0.3 is 5.97 Å². The third kappa shape index (κ3) is 2.55. The molecule has 0 spiro atoms. The Morgan fingerprint density at radius 2 is 2.08 bits per heavy atom. The fourth-order valence-corrected chi connectivity index (χ4v) is 4.33. The summed E-state index contributed by atoms with van der Waals surface area (Å²) in [6.07, 6.45) is 4.09. The summed E-state index contributed by atoms with van der Waals surface area (Å²) in [6, 6.07) is 9.51. The highest BCUT2D eigenvalue weighted by Crippen LogP contribution is 2.31. The van der Waals surface area contributed by atoms with Gasteiger partial charge in [0.2, 0.25) is 5.78 Å². The molecule has 122 valence electrons. The lowest BCUT2D eigenvalue weighted by atomic mass is 10.1. The molecule has 0 saturated heterocycles. The highest BCUT2D eigenvalue weighted by atomic mass is 32.1. The minimum Gasteiger partial charge on any atom is -0.450 e. The average Bonchev–Trinajstić information content (AvgIpc) is 3.27. The number of ether oxygens (including phenoxy) is 1. The second kappa shape index (κ2) is 5.91. The Hall–Kier alpha value is -2.40. The summed E-state index contributed by atoms with van der Waals surface area (Å²) in [5, 5.41) is 0.848. The average molecular weight is 339 g/mol. The Balaban J connectivity index is 1.51. The molecule has 1 aromatic carbocycles. The van der Waals surface area contributed by atoms with Crippen molar-refractivity contribution >= 4 is 34.0 Å². The molecule has 3 aromatic rings. The topological polar surface area (TPSA) is 59.2 Å². The van der Waals surface area contributed by atoms with E-state index in [9.17, 15) is 9.59 Å². The molecule has 0 amide bonds. The van der Waals surface area contributed by atoms with Crippen molar-refractivity contribution in [2.75, 3.05) is 0 Å². The highest BCUT2D eigenvalue weighted by Gasteiger charge is 2.25. The zero-order chi connectivity index (χ0) is 16.7. The molecule has 0 bridgehead atoms. The van der Waals surface area contributed by atoms with Crippen LogP contribution in [-0.4, -0.2) is 22.8 Å². The van der Waals surface area contributed by atoms with Gasteiger partial charge in [0.15, 0.2) is 6.10 Å². The van der Waals surface area contributed by atoms with Crippen molar-refractivity contribution in [3.63, 3.8) is 0 Å². The van der Waals surface area contributed by atoms with Gasteiger partial charge in [0.1, 0.15) is 4.88 Å². The predicted octanol–water partition coefficient (Wildman–Crippen LogP) is 4.15. The smallest absolute Gasteiger partial charge is 0.349 e. The van der Waals surface area contributed by atoms with Crippen LogP contribution in [0.3, 0.4) is 0 Å². The predicted molar refractivity (Wildman–Crippen MR) is 93.9 cm³/mol. The number of para-hydroxylation sites is 1. The summed E-state index contributed by atoms with van der Waals surface area (Å²) in [4.78, 5) is 29.9. The lowest BCUT2D eigenvalue weighted by Gasteiger charge is -2.11. The van der Waals surface area contributed by atoms with Gasteiger partial charge in [0, 0.05) is 27.5 Å². The van der Waals surface area contributed by atoms with Crippen LogP contribution in [0.2, 0.25) is 0 Å². The molecular weight excluding hydrogens is 322 g/mol. The first kappa shape index (κ1) is 15.1. The van der Waals surface area contributed by atoms with Crippen molar-refractivity contribution in [1.29, 1.82) is 0 Å². The van der Waals surface area contributed by atoms with Crippen LogP contribution in [0.5, 0.6) is 0 Å². The van der Waals surface area contributed by atoms with Crippen molar-refractivity contribution in [3.05, 3.63) is 57.4 Å². The molecule has 1 unspecified atom stereocenters. The second-order valence-electron chi connectivity index (χ2n) is 6.07. The maximum Gasteiger partial charge on any atom is 0.349 e. The van der Waals surface area contributed by atoms with E-state index in [-0.39, 0.29) is 5.78 Å². The monoisotopic (exact) mass is 339 g/mol. The molecule has 1 aliphatic carbocycles. The van der Waals surface area contributed by atoms with Gasteiger partial charge in [-0.15, -0.1) is 11.3 Å². The van der Waals surface area contributed by atoms with Crippen LogP contribution in [0.25, 0.3) is 10.9 Å². The number of fused-ring (bicyclic) bond motifs is 2. The number of hydrogen-bond donors (Lipinski definition) is 1. The molecule has 1 N–H and O–H groups in total. The molecule has 1 atom stereocenters. The van der Waals surface area contributed by atoms with E-state index in [1.165, 1.54) is 21.8 Å². The number of hydrogen-bond acceptors (Lipinski definition) is 4. The summed E-state index contributed by atoms with van der Waals surface area (Å²) in [7, 11) is 0. The molecule has 0 saturated carbocycles. The molecule has 5 heteroatoms.